The first-order valence-electron chi connectivity index (χ1n) is 5.96. The summed E-state index contributed by atoms with van der Waals surface area (Å²) in [4.78, 5) is 29.7. The van der Waals surface area contributed by atoms with E-state index in [4.69, 9.17) is 5.11 Å². The molecule has 2 rings (SSSR count). The Morgan fingerprint density at radius 3 is 2.75 bits per heavy atom. The fraction of sp³-hybridized carbons (Fsp3) is 0.231. The fourth-order valence-corrected chi connectivity index (χ4v) is 2.35. The van der Waals surface area contributed by atoms with Crippen LogP contribution in [-0.2, 0) is 17.8 Å². The average Bonchev–Trinajstić information content (AvgIpc) is 2.45. The lowest BCUT2D eigenvalue weighted by Crippen LogP contribution is -2.15. The molecule has 0 atom stereocenters. The normalized spacial score (nSPS) is 10.4. The van der Waals surface area contributed by atoms with Crippen molar-refractivity contribution < 1.29 is 9.90 Å². The number of thioether (sulfide) groups is 1. The van der Waals surface area contributed by atoms with E-state index in [2.05, 4.69) is 9.97 Å². The summed E-state index contributed by atoms with van der Waals surface area (Å²) in [5, 5.41) is 9.12. The van der Waals surface area contributed by atoms with E-state index in [-0.39, 0.29) is 11.3 Å². The molecule has 0 fully saturated rings. The van der Waals surface area contributed by atoms with Crippen molar-refractivity contribution in [1.29, 1.82) is 0 Å². The van der Waals surface area contributed by atoms with E-state index in [1.165, 1.54) is 6.07 Å². The van der Waals surface area contributed by atoms with Gasteiger partial charge in [-0.15, -0.1) is 0 Å². The summed E-state index contributed by atoms with van der Waals surface area (Å²) in [6.45, 7) is 0.624. The number of aromatic nitrogens is 3. The van der Waals surface area contributed by atoms with Crippen LogP contribution in [0.3, 0.4) is 0 Å². The third kappa shape index (κ3) is 4.20. The molecule has 20 heavy (non-hydrogen) atoms. The van der Waals surface area contributed by atoms with Gasteiger partial charge >= 0.3 is 5.97 Å². The summed E-state index contributed by atoms with van der Waals surface area (Å²) >= 11 is 1.04. The molecule has 0 unspecified atom stereocenters. The van der Waals surface area contributed by atoms with Crippen molar-refractivity contribution in [3.05, 3.63) is 52.7 Å². The van der Waals surface area contributed by atoms with Gasteiger partial charge in [-0.1, -0.05) is 11.8 Å². The molecule has 0 aromatic carbocycles. The standard InChI is InChI=1S/C13H13N3O3S/c17-11-4-8-16(13(15-11)20-9-12(18)19)7-3-10-1-5-14-6-2-10/h1-2,4-6,8H,3,7,9H2,(H,18,19). The number of carboxylic acids is 1. The van der Waals surface area contributed by atoms with Crippen molar-refractivity contribution in [1.82, 2.24) is 14.5 Å². The van der Waals surface area contributed by atoms with Gasteiger partial charge in [-0.3, -0.25) is 14.6 Å². The van der Waals surface area contributed by atoms with Gasteiger partial charge in [0, 0.05) is 31.2 Å². The van der Waals surface area contributed by atoms with Crippen molar-refractivity contribution in [2.75, 3.05) is 5.75 Å². The van der Waals surface area contributed by atoms with Crippen LogP contribution >= 0.6 is 11.8 Å². The molecule has 0 aliphatic rings. The molecule has 0 spiro atoms. The Morgan fingerprint density at radius 1 is 1.30 bits per heavy atom. The maximum atomic E-state index is 11.3. The molecule has 7 heteroatoms. The van der Waals surface area contributed by atoms with Crippen molar-refractivity contribution >= 4 is 17.7 Å². The number of nitrogens with zero attached hydrogens (tertiary/aromatic N) is 3. The van der Waals surface area contributed by atoms with Crippen LogP contribution in [0.4, 0.5) is 0 Å². The first kappa shape index (κ1) is 14.3. The Hall–Kier alpha value is -2.15. The SMILES string of the molecule is O=C(O)CSc1nc(=O)ccn1CCc1ccncc1. The second-order valence-corrected chi connectivity index (χ2v) is 4.97. The summed E-state index contributed by atoms with van der Waals surface area (Å²) in [6.07, 6.45) is 5.84. The molecule has 2 heterocycles. The van der Waals surface area contributed by atoms with Crippen LogP contribution in [0.2, 0.25) is 0 Å². The number of rotatable bonds is 6. The molecule has 6 nitrogen and oxygen atoms in total. The summed E-state index contributed by atoms with van der Waals surface area (Å²) in [5.41, 5.74) is 0.755. The maximum absolute atomic E-state index is 11.3. The van der Waals surface area contributed by atoms with Gasteiger partial charge in [-0.05, 0) is 24.1 Å². The third-order valence-corrected chi connectivity index (χ3v) is 3.54. The average molecular weight is 291 g/mol. The van der Waals surface area contributed by atoms with E-state index >= 15 is 0 Å². The summed E-state index contributed by atoms with van der Waals surface area (Å²) in [5.74, 6) is -1.06. The minimum atomic E-state index is -0.936. The number of carbonyl (C=O) groups is 1. The summed E-state index contributed by atoms with van der Waals surface area (Å²) in [7, 11) is 0. The van der Waals surface area contributed by atoms with Gasteiger partial charge < -0.3 is 9.67 Å². The van der Waals surface area contributed by atoms with E-state index in [1.54, 1.807) is 23.2 Å². The molecule has 0 bridgehead atoms. The van der Waals surface area contributed by atoms with Gasteiger partial charge in [-0.25, -0.2) is 0 Å². The Labute approximate surface area is 119 Å². The van der Waals surface area contributed by atoms with Gasteiger partial charge in [0.1, 0.15) is 0 Å². The monoisotopic (exact) mass is 291 g/mol. The highest BCUT2D eigenvalue weighted by molar-refractivity contribution is 7.99. The predicted molar refractivity (Wildman–Crippen MR) is 74.8 cm³/mol. The number of hydrogen-bond acceptors (Lipinski definition) is 5. The molecule has 0 aliphatic carbocycles. The molecule has 0 saturated carbocycles. The number of pyridine rings is 1. The van der Waals surface area contributed by atoms with Crippen molar-refractivity contribution in [3.63, 3.8) is 0 Å². The molecule has 2 aromatic rings. The number of carboxylic acid groups (broad SMARTS) is 1. The van der Waals surface area contributed by atoms with E-state index in [9.17, 15) is 9.59 Å². The Kier molecular flexibility index (Phi) is 4.89. The number of aryl methyl sites for hydroxylation is 2. The quantitative estimate of drug-likeness (QED) is 0.632. The molecule has 104 valence electrons. The predicted octanol–water partition coefficient (Wildman–Crippen LogP) is 1.06. The van der Waals surface area contributed by atoms with E-state index < -0.39 is 5.97 Å². The second kappa shape index (κ2) is 6.85. The largest absolute Gasteiger partial charge is 0.481 e. The molecular weight excluding hydrogens is 278 g/mol. The zero-order valence-corrected chi connectivity index (χ0v) is 11.4. The van der Waals surface area contributed by atoms with Gasteiger partial charge in [0.05, 0.1) is 5.75 Å². The lowest BCUT2D eigenvalue weighted by molar-refractivity contribution is -0.133. The highest BCUT2D eigenvalue weighted by atomic mass is 32.2. The van der Waals surface area contributed by atoms with E-state index in [0.29, 0.717) is 11.7 Å². The van der Waals surface area contributed by atoms with Crippen molar-refractivity contribution in [3.8, 4) is 0 Å². The molecule has 0 amide bonds. The first-order valence-corrected chi connectivity index (χ1v) is 6.95. The van der Waals surface area contributed by atoms with Crippen LogP contribution in [0.25, 0.3) is 0 Å². The second-order valence-electron chi connectivity index (χ2n) is 4.03. The van der Waals surface area contributed by atoms with Crippen LogP contribution in [0.1, 0.15) is 5.56 Å². The van der Waals surface area contributed by atoms with Crippen LogP contribution in [0.5, 0.6) is 0 Å². The van der Waals surface area contributed by atoms with Crippen LogP contribution in [-0.4, -0.2) is 31.4 Å². The smallest absolute Gasteiger partial charge is 0.313 e. The fourth-order valence-electron chi connectivity index (χ4n) is 1.62. The van der Waals surface area contributed by atoms with Crippen molar-refractivity contribution in [2.45, 2.75) is 18.1 Å². The van der Waals surface area contributed by atoms with Gasteiger partial charge in [0.2, 0.25) is 0 Å². The topological polar surface area (TPSA) is 85.1 Å². The van der Waals surface area contributed by atoms with Crippen LogP contribution in [0, 0.1) is 0 Å². The van der Waals surface area contributed by atoms with E-state index in [1.807, 2.05) is 12.1 Å². The zero-order chi connectivity index (χ0) is 14.4. The first-order chi connectivity index (χ1) is 9.65. The van der Waals surface area contributed by atoms with Gasteiger partial charge in [0.15, 0.2) is 5.16 Å². The maximum Gasteiger partial charge on any atom is 0.313 e. The minimum Gasteiger partial charge on any atom is -0.481 e. The van der Waals surface area contributed by atoms with Crippen molar-refractivity contribution in [2.24, 2.45) is 0 Å². The molecule has 0 radical (unpaired) electrons. The Balaban J connectivity index is 2.10. The Bertz CT molecular complexity index is 643. The molecule has 2 aromatic heterocycles. The lowest BCUT2D eigenvalue weighted by atomic mass is 10.2. The lowest BCUT2D eigenvalue weighted by Gasteiger charge is -2.10. The molecule has 1 N–H and O–H groups in total. The highest BCUT2D eigenvalue weighted by Crippen LogP contribution is 2.14. The van der Waals surface area contributed by atoms with E-state index in [0.717, 1.165) is 23.7 Å². The number of aliphatic carboxylic acids is 1. The van der Waals surface area contributed by atoms with Crippen LogP contribution in [0.15, 0.2) is 46.7 Å². The number of hydrogen-bond donors (Lipinski definition) is 1. The van der Waals surface area contributed by atoms with Crippen LogP contribution < -0.4 is 5.56 Å². The molecular formula is C13H13N3O3S. The summed E-state index contributed by atoms with van der Waals surface area (Å²) in [6, 6.07) is 5.21. The summed E-state index contributed by atoms with van der Waals surface area (Å²) < 4.78 is 1.79. The Morgan fingerprint density at radius 2 is 2.05 bits per heavy atom. The van der Waals surface area contributed by atoms with Gasteiger partial charge in [-0.2, -0.15) is 4.98 Å². The molecule has 0 aliphatic heterocycles. The van der Waals surface area contributed by atoms with Gasteiger partial charge in [0.25, 0.3) is 5.56 Å². The molecule has 0 saturated heterocycles. The minimum absolute atomic E-state index is 0.119. The highest BCUT2D eigenvalue weighted by Gasteiger charge is 2.07. The third-order valence-electron chi connectivity index (χ3n) is 2.56. The zero-order valence-electron chi connectivity index (χ0n) is 10.6.